The molecule has 0 aliphatic heterocycles. The highest BCUT2D eigenvalue weighted by atomic mass is 31.1. The van der Waals surface area contributed by atoms with E-state index in [9.17, 15) is 30.9 Å². The van der Waals surface area contributed by atoms with Crippen LogP contribution in [0.5, 0.6) is 0 Å². The van der Waals surface area contributed by atoms with Crippen molar-refractivity contribution in [2.75, 3.05) is 6.61 Å². The fourth-order valence-corrected chi connectivity index (χ4v) is 1.20. The Kier molecular flexibility index (Phi) is 5.37. The van der Waals surface area contributed by atoms with Crippen molar-refractivity contribution in [3.63, 3.8) is 0 Å². The van der Waals surface area contributed by atoms with Gasteiger partial charge < -0.3 is 4.52 Å². The number of rotatable bonds is 4. The SMILES string of the molecule is O=[PH](C=CCC(F)(F)F)OCC(F)(F)F. The van der Waals surface area contributed by atoms with Crippen LogP contribution in [0, 0.1) is 0 Å². The van der Waals surface area contributed by atoms with Crippen LogP contribution >= 0.6 is 8.03 Å². The average Bonchev–Trinajstić information content (AvgIpc) is 1.97. The Balaban J connectivity index is 3.85. The summed E-state index contributed by atoms with van der Waals surface area (Å²) in [5.74, 6) is 0.490. The monoisotopic (exact) mass is 256 g/mol. The van der Waals surface area contributed by atoms with E-state index >= 15 is 0 Å². The minimum Gasteiger partial charge on any atom is -0.318 e. The highest BCUT2D eigenvalue weighted by Gasteiger charge is 2.28. The number of hydrogen-bond acceptors (Lipinski definition) is 2. The molecule has 0 saturated heterocycles. The van der Waals surface area contributed by atoms with Crippen molar-refractivity contribution in [2.45, 2.75) is 18.8 Å². The molecule has 9 heteroatoms. The summed E-state index contributed by atoms with van der Waals surface area (Å²) in [4.78, 5) is 0. The lowest BCUT2D eigenvalue weighted by Gasteiger charge is -2.05. The molecule has 0 aromatic carbocycles. The first-order chi connectivity index (χ1) is 6.60. The molecule has 90 valence electrons. The summed E-state index contributed by atoms with van der Waals surface area (Å²) in [6, 6.07) is 0. The summed E-state index contributed by atoms with van der Waals surface area (Å²) in [6.45, 7) is -1.73. The van der Waals surface area contributed by atoms with Gasteiger partial charge >= 0.3 is 12.4 Å². The Morgan fingerprint density at radius 1 is 1.07 bits per heavy atom. The van der Waals surface area contributed by atoms with Gasteiger partial charge in [-0.3, -0.25) is 4.57 Å². The highest BCUT2D eigenvalue weighted by molar-refractivity contribution is 7.42. The fourth-order valence-electron chi connectivity index (χ4n) is 0.490. The Morgan fingerprint density at radius 2 is 1.60 bits per heavy atom. The van der Waals surface area contributed by atoms with Crippen LogP contribution < -0.4 is 0 Å². The molecule has 0 N–H and O–H groups in total. The van der Waals surface area contributed by atoms with Crippen LogP contribution in [-0.4, -0.2) is 19.0 Å². The fraction of sp³-hybridized carbons (Fsp3) is 0.667. The standard InChI is InChI=1S/C6H7F6O2P/c7-5(8,9)2-1-3-15(13)14-4-6(10,11)12/h1,3,15H,2,4H2. The second-order valence-corrected chi connectivity index (χ2v) is 3.70. The van der Waals surface area contributed by atoms with Crippen molar-refractivity contribution >= 4 is 8.03 Å². The van der Waals surface area contributed by atoms with Gasteiger partial charge in [-0.2, -0.15) is 26.3 Å². The predicted molar refractivity (Wildman–Crippen MR) is 40.8 cm³/mol. The topological polar surface area (TPSA) is 26.3 Å². The summed E-state index contributed by atoms with van der Waals surface area (Å²) >= 11 is 0. The Labute approximate surface area is 81.8 Å². The average molecular weight is 256 g/mol. The third-order valence-corrected chi connectivity index (χ3v) is 1.92. The molecule has 15 heavy (non-hydrogen) atoms. The Bertz CT molecular complexity index is 243. The summed E-state index contributed by atoms with van der Waals surface area (Å²) in [5, 5.41) is 0. The van der Waals surface area contributed by atoms with Crippen LogP contribution in [0.15, 0.2) is 11.9 Å². The lowest BCUT2D eigenvalue weighted by Crippen LogP contribution is -2.14. The van der Waals surface area contributed by atoms with E-state index in [0.29, 0.717) is 11.9 Å². The van der Waals surface area contributed by atoms with Gasteiger partial charge in [-0.15, -0.1) is 0 Å². The van der Waals surface area contributed by atoms with Gasteiger partial charge in [0, 0.05) is 0 Å². The third kappa shape index (κ3) is 11.4. The van der Waals surface area contributed by atoms with Gasteiger partial charge in [0.15, 0.2) is 0 Å². The highest BCUT2D eigenvalue weighted by Crippen LogP contribution is 2.29. The lowest BCUT2D eigenvalue weighted by molar-refractivity contribution is -0.152. The quantitative estimate of drug-likeness (QED) is 0.568. The van der Waals surface area contributed by atoms with E-state index in [-0.39, 0.29) is 0 Å². The molecule has 0 rings (SSSR count). The molecule has 1 atom stereocenters. The van der Waals surface area contributed by atoms with Gasteiger partial charge in [0.2, 0.25) is 8.03 Å². The molecule has 1 unspecified atom stereocenters. The summed E-state index contributed by atoms with van der Waals surface area (Å²) in [6.07, 6.45) is -9.99. The number of allylic oxidation sites excluding steroid dienone is 1. The van der Waals surface area contributed by atoms with Crippen LogP contribution in [0.25, 0.3) is 0 Å². The maximum absolute atomic E-state index is 11.5. The van der Waals surface area contributed by atoms with Gasteiger partial charge in [-0.05, 0) is 5.82 Å². The first-order valence-corrected chi connectivity index (χ1v) is 4.96. The van der Waals surface area contributed by atoms with Crippen molar-refractivity contribution in [3.8, 4) is 0 Å². The minimum atomic E-state index is -4.64. The normalized spacial score (nSPS) is 15.9. The van der Waals surface area contributed by atoms with Crippen molar-refractivity contribution in [1.82, 2.24) is 0 Å². The molecule has 0 aliphatic rings. The summed E-state index contributed by atoms with van der Waals surface area (Å²) < 4.78 is 83.4. The Hall–Kier alpha value is -0.490. The first kappa shape index (κ1) is 14.5. The van der Waals surface area contributed by atoms with E-state index < -0.39 is 33.4 Å². The van der Waals surface area contributed by atoms with Crippen molar-refractivity contribution in [3.05, 3.63) is 11.9 Å². The van der Waals surface area contributed by atoms with E-state index in [1.807, 2.05) is 0 Å². The molecule has 0 saturated carbocycles. The van der Waals surface area contributed by atoms with Crippen LogP contribution in [0.3, 0.4) is 0 Å². The van der Waals surface area contributed by atoms with Crippen LogP contribution in [0.4, 0.5) is 26.3 Å². The van der Waals surface area contributed by atoms with Gasteiger partial charge in [0.1, 0.15) is 6.61 Å². The number of hydrogen-bond donors (Lipinski definition) is 0. The number of halogens is 6. The molecule has 0 heterocycles. The molecule has 0 spiro atoms. The summed E-state index contributed by atoms with van der Waals surface area (Å²) in [5.41, 5.74) is 0. The maximum atomic E-state index is 11.5. The van der Waals surface area contributed by atoms with E-state index in [2.05, 4.69) is 4.52 Å². The zero-order valence-corrected chi connectivity index (χ0v) is 8.15. The van der Waals surface area contributed by atoms with Crippen molar-refractivity contribution in [2.24, 2.45) is 0 Å². The van der Waals surface area contributed by atoms with E-state index in [4.69, 9.17) is 0 Å². The molecule has 0 aromatic heterocycles. The zero-order chi connectivity index (χ0) is 12.1. The lowest BCUT2D eigenvalue weighted by atomic mass is 10.4. The Morgan fingerprint density at radius 3 is 2.00 bits per heavy atom. The van der Waals surface area contributed by atoms with Crippen molar-refractivity contribution < 1.29 is 35.4 Å². The summed E-state index contributed by atoms with van der Waals surface area (Å²) in [7, 11) is -3.20. The van der Waals surface area contributed by atoms with E-state index in [0.717, 1.165) is 0 Å². The molecular formula is C6H7F6O2P. The predicted octanol–water partition coefficient (Wildman–Crippen LogP) is 3.51. The zero-order valence-electron chi connectivity index (χ0n) is 7.15. The van der Waals surface area contributed by atoms with Gasteiger partial charge in [0.25, 0.3) is 0 Å². The third-order valence-electron chi connectivity index (χ3n) is 0.981. The molecule has 0 aliphatic carbocycles. The molecule has 0 radical (unpaired) electrons. The van der Waals surface area contributed by atoms with Gasteiger partial charge in [0.05, 0.1) is 6.42 Å². The second kappa shape index (κ2) is 5.55. The smallest absolute Gasteiger partial charge is 0.318 e. The minimum absolute atomic E-state index is 0.470. The van der Waals surface area contributed by atoms with E-state index in [1.54, 1.807) is 0 Å². The van der Waals surface area contributed by atoms with Crippen molar-refractivity contribution in [1.29, 1.82) is 0 Å². The van der Waals surface area contributed by atoms with Crippen LogP contribution in [-0.2, 0) is 9.09 Å². The van der Waals surface area contributed by atoms with Gasteiger partial charge in [-0.25, -0.2) is 0 Å². The second-order valence-electron chi connectivity index (χ2n) is 2.44. The molecule has 0 aromatic rings. The van der Waals surface area contributed by atoms with Gasteiger partial charge in [-0.1, -0.05) is 6.08 Å². The first-order valence-electron chi connectivity index (χ1n) is 3.57. The largest absolute Gasteiger partial charge is 0.412 e. The molecule has 2 nitrogen and oxygen atoms in total. The molecule has 0 fully saturated rings. The maximum Gasteiger partial charge on any atom is 0.412 e. The van der Waals surface area contributed by atoms with Crippen LogP contribution in [0.2, 0.25) is 0 Å². The number of alkyl halides is 6. The molecular weight excluding hydrogens is 249 g/mol. The van der Waals surface area contributed by atoms with E-state index in [1.165, 1.54) is 0 Å². The van der Waals surface area contributed by atoms with Crippen LogP contribution in [0.1, 0.15) is 6.42 Å². The molecule has 0 bridgehead atoms. The molecule has 0 amide bonds.